The minimum Gasteiger partial charge on any atom is -0.391 e. The molecule has 0 saturated heterocycles. The fourth-order valence-corrected chi connectivity index (χ4v) is 2.82. The highest BCUT2D eigenvalue weighted by atomic mass is 35.5. The molecule has 110 valence electrons. The third-order valence-electron chi connectivity index (χ3n) is 3.99. The summed E-state index contributed by atoms with van der Waals surface area (Å²) in [5.74, 6) is 0. The molecule has 0 aliphatic rings. The van der Waals surface area contributed by atoms with E-state index in [-0.39, 0.29) is 18.4 Å². The van der Waals surface area contributed by atoms with E-state index in [0.717, 1.165) is 10.9 Å². The molecule has 0 amide bonds. The van der Waals surface area contributed by atoms with Crippen LogP contribution in [0.3, 0.4) is 0 Å². The Kier molecular flexibility index (Phi) is 4.84. The van der Waals surface area contributed by atoms with E-state index in [0.29, 0.717) is 6.42 Å². The van der Waals surface area contributed by atoms with Gasteiger partial charge in [0.15, 0.2) is 0 Å². The van der Waals surface area contributed by atoms with Gasteiger partial charge in [-0.1, -0.05) is 55.5 Å². The van der Waals surface area contributed by atoms with Crippen LogP contribution in [0.15, 0.2) is 54.6 Å². The van der Waals surface area contributed by atoms with Crippen molar-refractivity contribution in [1.82, 2.24) is 0 Å². The highest BCUT2D eigenvalue weighted by molar-refractivity contribution is 6.09. The predicted molar refractivity (Wildman–Crippen MR) is 91.9 cm³/mol. The first-order valence-electron chi connectivity index (χ1n) is 7.06. The van der Waals surface area contributed by atoms with Crippen LogP contribution < -0.4 is 5.73 Å². The molecule has 2 atom stereocenters. The van der Waals surface area contributed by atoms with Gasteiger partial charge in [0.05, 0.1) is 12.1 Å². The molecule has 0 fully saturated rings. The van der Waals surface area contributed by atoms with Gasteiger partial charge in [0.25, 0.3) is 0 Å². The maximum Gasteiger partial charge on any atom is 0.0730 e. The van der Waals surface area contributed by atoms with Crippen LogP contribution in [0.4, 0.5) is 0 Å². The molecule has 0 heterocycles. The largest absolute Gasteiger partial charge is 0.391 e. The van der Waals surface area contributed by atoms with Gasteiger partial charge in [-0.15, -0.1) is 12.4 Å². The summed E-state index contributed by atoms with van der Waals surface area (Å²) in [4.78, 5) is 0. The normalized spacial score (nSPS) is 13.9. The number of hydrogen-bond acceptors (Lipinski definition) is 2. The summed E-state index contributed by atoms with van der Waals surface area (Å²) < 4.78 is 0. The first-order valence-corrected chi connectivity index (χ1v) is 7.06. The highest BCUT2D eigenvalue weighted by Crippen LogP contribution is 2.32. The summed E-state index contributed by atoms with van der Waals surface area (Å²) >= 11 is 0. The predicted octanol–water partition coefficient (Wildman–Crippen LogP) is 4.19. The Morgan fingerprint density at radius 1 is 0.952 bits per heavy atom. The molecule has 0 aliphatic carbocycles. The molecule has 0 saturated carbocycles. The van der Waals surface area contributed by atoms with Crippen LogP contribution in [0.5, 0.6) is 0 Å². The van der Waals surface area contributed by atoms with Gasteiger partial charge in [0, 0.05) is 0 Å². The lowest BCUT2D eigenvalue weighted by Gasteiger charge is -2.20. The number of aliphatic hydroxyl groups excluding tert-OH is 1. The van der Waals surface area contributed by atoms with Gasteiger partial charge in [-0.25, -0.2) is 0 Å². The summed E-state index contributed by atoms with van der Waals surface area (Å²) in [6, 6.07) is 18.3. The SMILES string of the molecule is CC[C@@H](O)[C@@H](N)c1cc2ccccc2c2ccccc12.Cl. The van der Waals surface area contributed by atoms with E-state index in [1.807, 2.05) is 25.1 Å². The number of aliphatic hydroxyl groups is 1. The third kappa shape index (κ3) is 2.75. The monoisotopic (exact) mass is 301 g/mol. The Morgan fingerprint density at radius 2 is 1.52 bits per heavy atom. The van der Waals surface area contributed by atoms with Gasteiger partial charge >= 0.3 is 0 Å². The summed E-state index contributed by atoms with van der Waals surface area (Å²) in [6.07, 6.45) is 0.141. The lowest BCUT2D eigenvalue weighted by molar-refractivity contribution is 0.141. The molecule has 21 heavy (non-hydrogen) atoms. The number of fused-ring (bicyclic) bond motifs is 3. The van der Waals surface area contributed by atoms with Crippen molar-refractivity contribution in [3.8, 4) is 0 Å². The number of benzene rings is 3. The number of halogens is 1. The van der Waals surface area contributed by atoms with Crippen LogP contribution in [0.25, 0.3) is 21.5 Å². The molecule has 0 spiro atoms. The van der Waals surface area contributed by atoms with Crippen molar-refractivity contribution < 1.29 is 5.11 Å². The second-order valence-electron chi connectivity index (χ2n) is 5.23. The smallest absolute Gasteiger partial charge is 0.0730 e. The van der Waals surface area contributed by atoms with Crippen molar-refractivity contribution in [1.29, 1.82) is 0 Å². The minimum atomic E-state index is -0.514. The number of rotatable bonds is 3. The highest BCUT2D eigenvalue weighted by Gasteiger charge is 2.18. The van der Waals surface area contributed by atoms with Crippen molar-refractivity contribution >= 4 is 34.0 Å². The topological polar surface area (TPSA) is 46.2 Å². The average molecular weight is 302 g/mol. The minimum absolute atomic E-state index is 0. The summed E-state index contributed by atoms with van der Waals surface area (Å²) in [5, 5.41) is 14.8. The Balaban J connectivity index is 0.00000161. The van der Waals surface area contributed by atoms with E-state index >= 15 is 0 Å². The van der Waals surface area contributed by atoms with Crippen LogP contribution in [0.2, 0.25) is 0 Å². The van der Waals surface area contributed by atoms with E-state index in [2.05, 4.69) is 36.4 Å². The van der Waals surface area contributed by atoms with E-state index < -0.39 is 6.10 Å². The van der Waals surface area contributed by atoms with Crippen molar-refractivity contribution in [2.45, 2.75) is 25.5 Å². The average Bonchev–Trinajstić information content (AvgIpc) is 2.52. The lowest BCUT2D eigenvalue weighted by Crippen LogP contribution is -2.25. The van der Waals surface area contributed by atoms with E-state index in [9.17, 15) is 5.11 Å². The van der Waals surface area contributed by atoms with Crippen molar-refractivity contribution in [2.24, 2.45) is 5.73 Å². The van der Waals surface area contributed by atoms with Crippen molar-refractivity contribution in [2.75, 3.05) is 0 Å². The van der Waals surface area contributed by atoms with Crippen LogP contribution >= 0.6 is 12.4 Å². The van der Waals surface area contributed by atoms with Crippen LogP contribution in [-0.2, 0) is 0 Å². The van der Waals surface area contributed by atoms with E-state index in [4.69, 9.17) is 5.73 Å². The molecule has 0 aliphatic heterocycles. The fourth-order valence-electron chi connectivity index (χ4n) is 2.82. The number of nitrogens with two attached hydrogens (primary N) is 1. The van der Waals surface area contributed by atoms with Crippen LogP contribution in [0.1, 0.15) is 24.9 Å². The molecular weight excluding hydrogens is 282 g/mol. The third-order valence-corrected chi connectivity index (χ3v) is 3.99. The Hall–Kier alpha value is -1.61. The quantitative estimate of drug-likeness (QED) is 0.713. The second kappa shape index (κ2) is 6.44. The molecule has 3 rings (SSSR count). The molecule has 3 N–H and O–H groups in total. The molecule has 0 bridgehead atoms. The molecule has 3 aromatic carbocycles. The molecule has 2 nitrogen and oxygen atoms in total. The Morgan fingerprint density at radius 3 is 2.19 bits per heavy atom. The van der Waals surface area contributed by atoms with E-state index in [1.165, 1.54) is 16.2 Å². The maximum absolute atomic E-state index is 10.1. The molecule has 3 heteroatoms. The summed E-state index contributed by atoms with van der Waals surface area (Å²) in [5.41, 5.74) is 7.28. The van der Waals surface area contributed by atoms with Crippen LogP contribution in [0, 0.1) is 0 Å². The van der Waals surface area contributed by atoms with Gasteiger partial charge in [-0.05, 0) is 39.6 Å². The van der Waals surface area contributed by atoms with Gasteiger partial charge in [-0.3, -0.25) is 0 Å². The van der Waals surface area contributed by atoms with Crippen LogP contribution in [-0.4, -0.2) is 11.2 Å². The molecule has 0 aromatic heterocycles. The summed E-state index contributed by atoms with van der Waals surface area (Å²) in [6.45, 7) is 1.95. The number of hydrogen-bond donors (Lipinski definition) is 2. The Bertz CT molecular complexity index is 756. The van der Waals surface area contributed by atoms with Gasteiger partial charge in [-0.2, -0.15) is 0 Å². The zero-order valence-corrected chi connectivity index (χ0v) is 12.8. The lowest BCUT2D eigenvalue weighted by atomic mass is 9.91. The van der Waals surface area contributed by atoms with E-state index in [1.54, 1.807) is 0 Å². The second-order valence-corrected chi connectivity index (χ2v) is 5.23. The Labute approximate surface area is 131 Å². The zero-order chi connectivity index (χ0) is 14.1. The maximum atomic E-state index is 10.1. The molecular formula is C18H20ClNO. The first kappa shape index (κ1) is 15.8. The van der Waals surface area contributed by atoms with Crippen molar-refractivity contribution in [3.05, 3.63) is 60.2 Å². The fraction of sp³-hybridized carbons (Fsp3) is 0.222. The van der Waals surface area contributed by atoms with Gasteiger partial charge in [0.2, 0.25) is 0 Å². The molecule has 0 radical (unpaired) electrons. The molecule has 3 aromatic rings. The zero-order valence-electron chi connectivity index (χ0n) is 12.0. The molecule has 0 unspecified atom stereocenters. The van der Waals surface area contributed by atoms with Gasteiger partial charge in [0.1, 0.15) is 0 Å². The first-order chi connectivity index (χ1) is 9.72. The van der Waals surface area contributed by atoms with Gasteiger partial charge < -0.3 is 10.8 Å². The summed E-state index contributed by atoms with van der Waals surface area (Å²) in [7, 11) is 0. The standard InChI is InChI=1S/C18H19NO.ClH/c1-2-17(20)18(19)16-11-12-7-3-4-8-13(12)14-9-5-6-10-15(14)16;/h3-11,17-18,20H,2,19H2,1H3;1H/t17-,18+;/m1./s1. The van der Waals surface area contributed by atoms with Crippen molar-refractivity contribution in [3.63, 3.8) is 0 Å².